The minimum atomic E-state index is -0.326. The van der Waals surface area contributed by atoms with Crippen LogP contribution in [0.15, 0.2) is 5.16 Å². The van der Waals surface area contributed by atoms with E-state index in [1.165, 1.54) is 0 Å². The summed E-state index contributed by atoms with van der Waals surface area (Å²) < 4.78 is 5.34. The quantitative estimate of drug-likeness (QED) is 0.544. The molecule has 0 aromatic rings. The third kappa shape index (κ3) is 1.80. The lowest BCUT2D eigenvalue weighted by Crippen LogP contribution is -2.62. The average molecular weight is 253 g/mol. The van der Waals surface area contributed by atoms with Crippen molar-refractivity contribution in [3.05, 3.63) is 0 Å². The second-order valence-corrected chi connectivity index (χ2v) is 5.41. The van der Waals surface area contributed by atoms with E-state index in [2.05, 4.69) is 10.1 Å². The number of Topliss-reactive ketones (excluding diaryl/α,β-unsaturated/α-hetero) is 1. The average Bonchev–Trinajstić information content (AvgIpc) is 2.42. The van der Waals surface area contributed by atoms with E-state index in [0.29, 0.717) is 0 Å². The van der Waals surface area contributed by atoms with Gasteiger partial charge in [0.05, 0.1) is 18.6 Å². The molecule has 4 fully saturated rings. The fourth-order valence-electron chi connectivity index (χ4n) is 3.28. The maximum atomic E-state index is 12.4. The van der Waals surface area contributed by atoms with Gasteiger partial charge in [-0.05, 0) is 12.8 Å². The van der Waals surface area contributed by atoms with Gasteiger partial charge in [-0.3, -0.25) is 9.69 Å². The number of ether oxygens (including phenoxy) is 1. The Morgan fingerprint density at radius 2 is 1.89 bits per heavy atom. The molecule has 0 aromatic heterocycles. The van der Waals surface area contributed by atoms with Gasteiger partial charge in [-0.2, -0.15) is 0 Å². The van der Waals surface area contributed by atoms with Gasteiger partial charge in [-0.25, -0.2) is 0 Å². The molecule has 0 saturated carbocycles. The van der Waals surface area contributed by atoms with Crippen LogP contribution < -0.4 is 0 Å². The van der Waals surface area contributed by atoms with Crippen LogP contribution in [-0.4, -0.2) is 72.6 Å². The van der Waals surface area contributed by atoms with Crippen molar-refractivity contribution in [2.24, 2.45) is 10.6 Å². The summed E-state index contributed by atoms with van der Waals surface area (Å²) in [6.45, 7) is 5.72. The van der Waals surface area contributed by atoms with Crippen LogP contribution in [0.4, 0.5) is 0 Å². The Morgan fingerprint density at radius 1 is 1.22 bits per heavy atom. The van der Waals surface area contributed by atoms with Crippen LogP contribution in [0.3, 0.4) is 0 Å². The Balaban J connectivity index is 1.77. The third-order valence-corrected chi connectivity index (χ3v) is 4.43. The van der Waals surface area contributed by atoms with Crippen molar-refractivity contribution in [1.29, 1.82) is 0 Å². The monoisotopic (exact) mass is 253 g/mol. The lowest BCUT2D eigenvalue weighted by atomic mass is 9.70. The zero-order valence-corrected chi connectivity index (χ0v) is 10.5. The zero-order valence-electron chi connectivity index (χ0n) is 10.5. The maximum Gasteiger partial charge on any atom is 0.212 e. The Kier molecular flexibility index (Phi) is 2.99. The molecule has 0 atom stereocenters. The highest BCUT2D eigenvalue weighted by Crippen LogP contribution is 2.39. The van der Waals surface area contributed by atoms with Gasteiger partial charge in [0.15, 0.2) is 0 Å². The summed E-state index contributed by atoms with van der Waals surface area (Å²) in [5, 5.41) is 12.2. The first-order valence-corrected chi connectivity index (χ1v) is 6.57. The number of ketones is 1. The summed E-state index contributed by atoms with van der Waals surface area (Å²) in [7, 11) is 0. The van der Waals surface area contributed by atoms with Gasteiger partial charge in [0.2, 0.25) is 11.6 Å². The maximum absolute atomic E-state index is 12.4. The number of nitrogens with zero attached hydrogens (tertiary/aromatic N) is 3. The molecule has 100 valence electrons. The fourth-order valence-corrected chi connectivity index (χ4v) is 3.28. The zero-order chi connectivity index (χ0) is 12.6. The molecule has 0 aromatic carbocycles. The molecule has 6 nitrogen and oxygen atoms in total. The van der Waals surface area contributed by atoms with Gasteiger partial charge in [0, 0.05) is 32.7 Å². The Labute approximate surface area is 106 Å². The number of hydrogen-bond donors (Lipinski definition) is 1. The summed E-state index contributed by atoms with van der Waals surface area (Å²) in [6, 6.07) is 0. The van der Waals surface area contributed by atoms with Crippen LogP contribution >= 0.6 is 0 Å². The minimum Gasteiger partial charge on any atom is -0.409 e. The normalized spacial score (nSPS) is 30.1. The first-order chi connectivity index (χ1) is 8.75. The molecule has 0 aliphatic carbocycles. The van der Waals surface area contributed by atoms with Crippen LogP contribution in [0.5, 0.6) is 0 Å². The lowest BCUT2D eigenvalue weighted by Gasteiger charge is -2.49. The van der Waals surface area contributed by atoms with Gasteiger partial charge in [0.25, 0.3) is 0 Å². The molecule has 0 spiro atoms. The topological polar surface area (TPSA) is 65.4 Å². The summed E-state index contributed by atoms with van der Waals surface area (Å²) in [4.78, 5) is 16.6. The first kappa shape index (κ1) is 11.9. The number of hydrogen-bond acceptors (Lipinski definition) is 5. The minimum absolute atomic E-state index is 0.0222. The summed E-state index contributed by atoms with van der Waals surface area (Å²) in [6.07, 6.45) is 1.75. The van der Waals surface area contributed by atoms with Crippen LogP contribution in [-0.2, 0) is 9.53 Å². The van der Waals surface area contributed by atoms with Gasteiger partial charge >= 0.3 is 0 Å². The molecular weight excluding hydrogens is 234 g/mol. The molecule has 0 amide bonds. The third-order valence-electron chi connectivity index (χ3n) is 4.43. The fraction of sp³-hybridized carbons (Fsp3) is 0.833. The van der Waals surface area contributed by atoms with Gasteiger partial charge in [-0.15, -0.1) is 0 Å². The largest absolute Gasteiger partial charge is 0.409 e. The van der Waals surface area contributed by atoms with Crippen LogP contribution in [0.25, 0.3) is 0 Å². The first-order valence-electron chi connectivity index (χ1n) is 6.57. The van der Waals surface area contributed by atoms with Crippen molar-refractivity contribution in [2.75, 3.05) is 45.9 Å². The predicted octanol–water partition coefficient (Wildman–Crippen LogP) is -0.229. The van der Waals surface area contributed by atoms with Gasteiger partial charge < -0.3 is 14.8 Å². The predicted molar refractivity (Wildman–Crippen MR) is 64.7 cm³/mol. The van der Waals surface area contributed by atoms with E-state index in [9.17, 15) is 4.79 Å². The molecule has 4 heterocycles. The van der Waals surface area contributed by atoms with E-state index < -0.39 is 0 Å². The molecule has 4 aliphatic heterocycles. The van der Waals surface area contributed by atoms with E-state index in [-0.39, 0.29) is 17.0 Å². The smallest absolute Gasteiger partial charge is 0.212 e. The molecule has 6 heteroatoms. The van der Waals surface area contributed by atoms with E-state index in [1.807, 2.05) is 4.90 Å². The molecule has 4 saturated heterocycles. The Bertz CT molecular complexity index is 369. The number of amidine groups is 1. The van der Waals surface area contributed by atoms with Crippen LogP contribution in [0.2, 0.25) is 0 Å². The van der Waals surface area contributed by atoms with Crippen molar-refractivity contribution in [3.8, 4) is 0 Å². The Hall–Kier alpha value is -1.14. The summed E-state index contributed by atoms with van der Waals surface area (Å²) in [5.41, 5.74) is -0.326. The molecule has 4 aliphatic rings. The summed E-state index contributed by atoms with van der Waals surface area (Å²) in [5.74, 6) is 0.287. The highest BCUT2D eigenvalue weighted by Gasteiger charge is 2.51. The molecule has 1 N–H and O–H groups in total. The molecule has 0 unspecified atom stereocenters. The van der Waals surface area contributed by atoms with Crippen molar-refractivity contribution >= 4 is 11.6 Å². The SMILES string of the molecule is O=C1C(=NO)N2CCC1(CN1CCOCC1)CC2. The number of carbonyl (C=O) groups excluding carboxylic acids is 1. The standard InChI is InChI=1S/C12H19N3O3/c16-10-11(13-17)15-3-1-12(10,2-4-15)9-14-5-7-18-8-6-14/h17H,1-9H2. The molecule has 4 rings (SSSR count). The molecule has 2 bridgehead atoms. The van der Waals surface area contributed by atoms with E-state index >= 15 is 0 Å². The van der Waals surface area contributed by atoms with Crippen molar-refractivity contribution in [2.45, 2.75) is 12.8 Å². The number of fused-ring (bicyclic) bond motifs is 3. The number of rotatable bonds is 2. The lowest BCUT2D eigenvalue weighted by molar-refractivity contribution is -0.131. The van der Waals surface area contributed by atoms with Crippen molar-refractivity contribution < 1.29 is 14.7 Å². The molecular formula is C12H19N3O3. The van der Waals surface area contributed by atoms with Gasteiger partial charge in [0.1, 0.15) is 0 Å². The second-order valence-electron chi connectivity index (χ2n) is 5.41. The number of carbonyl (C=O) groups is 1. The highest BCUT2D eigenvalue weighted by molar-refractivity contribution is 6.41. The number of oxime groups is 1. The van der Waals surface area contributed by atoms with E-state index in [4.69, 9.17) is 9.94 Å². The molecule has 0 radical (unpaired) electrons. The summed E-state index contributed by atoms with van der Waals surface area (Å²) >= 11 is 0. The van der Waals surface area contributed by atoms with Crippen molar-refractivity contribution in [3.63, 3.8) is 0 Å². The Morgan fingerprint density at radius 3 is 2.50 bits per heavy atom. The van der Waals surface area contributed by atoms with E-state index in [0.717, 1.165) is 58.8 Å². The number of piperidine rings is 3. The van der Waals surface area contributed by atoms with E-state index in [1.54, 1.807) is 0 Å². The second kappa shape index (κ2) is 4.51. The number of morpholine rings is 1. The molecule has 18 heavy (non-hydrogen) atoms. The van der Waals surface area contributed by atoms with Crippen LogP contribution in [0, 0.1) is 5.41 Å². The van der Waals surface area contributed by atoms with Crippen LogP contribution in [0.1, 0.15) is 12.8 Å². The highest BCUT2D eigenvalue weighted by atomic mass is 16.5. The van der Waals surface area contributed by atoms with Gasteiger partial charge in [-0.1, -0.05) is 5.16 Å². The van der Waals surface area contributed by atoms with Crippen molar-refractivity contribution in [1.82, 2.24) is 9.80 Å².